The molecule has 3 nitrogen and oxygen atoms in total. The summed E-state index contributed by atoms with van der Waals surface area (Å²) in [5, 5.41) is 2.09. The van der Waals surface area contributed by atoms with Crippen molar-refractivity contribution in [3.05, 3.63) is 43.8 Å². The van der Waals surface area contributed by atoms with E-state index in [1.54, 1.807) is 23.5 Å². The van der Waals surface area contributed by atoms with Crippen molar-refractivity contribution in [3.8, 4) is 0 Å². The minimum absolute atomic E-state index is 0.0147. The lowest BCUT2D eigenvalue weighted by atomic mass is 10.0. The minimum Gasteiger partial charge on any atom is -0.331 e. The Hall–Kier alpha value is -1.46. The maximum atomic E-state index is 12.6. The van der Waals surface area contributed by atoms with Crippen LogP contribution < -0.4 is 0 Å². The Kier molecular flexibility index (Phi) is 3.48. The molecular weight excluding hydrogens is 290 g/mol. The monoisotopic (exact) mass is 305 g/mol. The lowest BCUT2D eigenvalue weighted by Gasteiger charge is -2.33. The minimum atomic E-state index is 0.0147. The topological polar surface area (TPSA) is 37.4 Å². The number of ketones is 1. The van der Waals surface area contributed by atoms with Crippen LogP contribution in [0.3, 0.4) is 0 Å². The first-order valence-electron chi connectivity index (χ1n) is 6.56. The molecule has 20 heavy (non-hydrogen) atoms. The molecule has 2 aromatic heterocycles. The van der Waals surface area contributed by atoms with Gasteiger partial charge in [-0.1, -0.05) is 0 Å². The summed E-state index contributed by atoms with van der Waals surface area (Å²) in [7, 11) is 0. The summed E-state index contributed by atoms with van der Waals surface area (Å²) >= 11 is 3.06. The van der Waals surface area contributed by atoms with E-state index in [0.717, 1.165) is 13.0 Å². The largest absolute Gasteiger partial charge is 0.331 e. The third-order valence-corrected chi connectivity index (χ3v) is 5.87. The first-order chi connectivity index (χ1) is 9.58. The summed E-state index contributed by atoms with van der Waals surface area (Å²) in [6.45, 7) is 4.35. The highest BCUT2D eigenvalue weighted by Gasteiger charge is 2.29. The molecule has 0 unspecified atom stereocenters. The van der Waals surface area contributed by atoms with Gasteiger partial charge in [-0.25, -0.2) is 0 Å². The molecule has 0 fully saturated rings. The van der Waals surface area contributed by atoms with E-state index in [0.29, 0.717) is 9.75 Å². The molecule has 1 aliphatic heterocycles. The van der Waals surface area contributed by atoms with Crippen LogP contribution in [0.25, 0.3) is 0 Å². The van der Waals surface area contributed by atoms with E-state index in [9.17, 15) is 9.59 Å². The van der Waals surface area contributed by atoms with Crippen LogP contribution in [0.2, 0.25) is 0 Å². The van der Waals surface area contributed by atoms with Crippen LogP contribution in [0.15, 0.2) is 23.6 Å². The third-order valence-electron chi connectivity index (χ3n) is 3.70. The van der Waals surface area contributed by atoms with Gasteiger partial charge < -0.3 is 4.90 Å². The van der Waals surface area contributed by atoms with Gasteiger partial charge in [0, 0.05) is 11.4 Å². The Morgan fingerprint density at radius 1 is 1.25 bits per heavy atom. The number of carbonyl (C=O) groups is 2. The number of amides is 1. The van der Waals surface area contributed by atoms with Crippen molar-refractivity contribution in [2.24, 2.45) is 0 Å². The van der Waals surface area contributed by atoms with Crippen LogP contribution in [-0.4, -0.2) is 23.1 Å². The van der Waals surface area contributed by atoms with Gasteiger partial charge in [0.15, 0.2) is 5.78 Å². The van der Waals surface area contributed by atoms with E-state index < -0.39 is 0 Å². The van der Waals surface area contributed by atoms with Crippen molar-refractivity contribution in [2.75, 3.05) is 6.54 Å². The number of hydrogen-bond acceptors (Lipinski definition) is 4. The normalized spacial score (nSPS) is 17.9. The highest BCUT2D eigenvalue weighted by molar-refractivity contribution is 7.16. The molecule has 3 heterocycles. The zero-order valence-electron chi connectivity index (χ0n) is 11.4. The van der Waals surface area contributed by atoms with Crippen molar-refractivity contribution in [2.45, 2.75) is 26.3 Å². The summed E-state index contributed by atoms with van der Waals surface area (Å²) in [4.78, 5) is 28.5. The molecule has 0 aliphatic carbocycles. The van der Waals surface area contributed by atoms with Gasteiger partial charge >= 0.3 is 0 Å². The van der Waals surface area contributed by atoms with Gasteiger partial charge in [0.05, 0.1) is 15.8 Å². The number of fused-ring (bicyclic) bond motifs is 1. The second-order valence-electron chi connectivity index (χ2n) is 4.94. The number of carbonyl (C=O) groups excluding carboxylic acids is 2. The fraction of sp³-hybridized carbons (Fsp3) is 0.333. The SMILES string of the molecule is CC(=O)c1ccc(C(=O)N2CCc3sccc3[C@@H]2C)s1. The average Bonchev–Trinajstić information content (AvgIpc) is 3.08. The molecule has 0 bridgehead atoms. The molecule has 0 spiro atoms. The van der Waals surface area contributed by atoms with Crippen LogP contribution in [0, 0.1) is 0 Å². The molecule has 1 atom stereocenters. The number of thiophene rings is 2. The van der Waals surface area contributed by atoms with Crippen LogP contribution in [0.5, 0.6) is 0 Å². The van der Waals surface area contributed by atoms with E-state index in [4.69, 9.17) is 0 Å². The van der Waals surface area contributed by atoms with Crippen LogP contribution >= 0.6 is 22.7 Å². The number of hydrogen-bond donors (Lipinski definition) is 0. The van der Waals surface area contributed by atoms with Crippen molar-refractivity contribution in [3.63, 3.8) is 0 Å². The third kappa shape index (κ3) is 2.21. The van der Waals surface area contributed by atoms with Gasteiger partial charge in [-0.3, -0.25) is 9.59 Å². The molecular formula is C15H15NO2S2. The second-order valence-corrected chi connectivity index (χ2v) is 7.03. The molecule has 0 saturated carbocycles. The molecule has 0 radical (unpaired) electrons. The Morgan fingerprint density at radius 2 is 2.00 bits per heavy atom. The highest BCUT2D eigenvalue weighted by Crippen LogP contribution is 2.34. The van der Waals surface area contributed by atoms with Gasteiger partial charge in [0.25, 0.3) is 5.91 Å². The first kappa shape index (κ1) is 13.5. The molecule has 5 heteroatoms. The summed E-state index contributed by atoms with van der Waals surface area (Å²) in [6, 6.07) is 5.73. The zero-order chi connectivity index (χ0) is 14.3. The maximum Gasteiger partial charge on any atom is 0.264 e. The Balaban J connectivity index is 1.86. The number of nitrogens with zero attached hydrogens (tertiary/aromatic N) is 1. The maximum absolute atomic E-state index is 12.6. The summed E-state index contributed by atoms with van der Waals surface area (Å²) < 4.78 is 0. The lowest BCUT2D eigenvalue weighted by Crippen LogP contribution is -2.37. The number of rotatable bonds is 2. The van der Waals surface area contributed by atoms with E-state index >= 15 is 0 Å². The van der Waals surface area contributed by atoms with Crippen molar-refractivity contribution in [1.82, 2.24) is 4.90 Å². The molecule has 0 aromatic carbocycles. The molecule has 104 valence electrons. The Morgan fingerprint density at radius 3 is 2.70 bits per heavy atom. The predicted molar refractivity (Wildman–Crippen MR) is 81.8 cm³/mol. The first-order valence-corrected chi connectivity index (χ1v) is 8.25. The summed E-state index contributed by atoms with van der Waals surface area (Å²) in [6.07, 6.45) is 0.925. The fourth-order valence-electron chi connectivity index (χ4n) is 2.57. The van der Waals surface area contributed by atoms with E-state index in [1.807, 2.05) is 4.90 Å². The van der Waals surface area contributed by atoms with Gasteiger partial charge in [-0.15, -0.1) is 22.7 Å². The van der Waals surface area contributed by atoms with Crippen LogP contribution in [0.4, 0.5) is 0 Å². The van der Waals surface area contributed by atoms with Crippen LogP contribution in [-0.2, 0) is 6.42 Å². The molecule has 0 N–H and O–H groups in total. The quantitative estimate of drug-likeness (QED) is 0.792. The van der Waals surface area contributed by atoms with E-state index in [1.165, 1.54) is 28.7 Å². The molecule has 1 aliphatic rings. The Bertz CT molecular complexity index is 671. The van der Waals surface area contributed by atoms with Crippen molar-refractivity contribution < 1.29 is 9.59 Å². The molecule has 3 rings (SSSR count). The standard InChI is InChI=1S/C15H15NO2S2/c1-9-11-6-8-19-13(11)5-7-16(9)15(18)14-4-3-12(20-14)10(2)17/h3-4,6,8-9H,5,7H2,1-2H3/t9-/m0/s1. The summed E-state index contributed by atoms with van der Waals surface area (Å²) in [5.41, 5.74) is 1.26. The van der Waals surface area contributed by atoms with Gasteiger partial charge in [-0.05, 0) is 49.4 Å². The molecule has 2 aromatic rings. The van der Waals surface area contributed by atoms with Crippen molar-refractivity contribution >= 4 is 34.4 Å². The predicted octanol–water partition coefficient (Wildman–Crippen LogP) is 3.77. The van der Waals surface area contributed by atoms with E-state index in [2.05, 4.69) is 18.4 Å². The van der Waals surface area contributed by atoms with Crippen LogP contribution in [0.1, 0.15) is 49.7 Å². The Labute approximate surface area is 125 Å². The smallest absolute Gasteiger partial charge is 0.264 e. The van der Waals surface area contributed by atoms with Gasteiger partial charge in [0.2, 0.25) is 0 Å². The number of Topliss-reactive ketones (excluding diaryl/α,β-unsaturated/α-hetero) is 1. The second kappa shape index (κ2) is 5.14. The van der Waals surface area contributed by atoms with E-state index in [-0.39, 0.29) is 17.7 Å². The van der Waals surface area contributed by atoms with Crippen molar-refractivity contribution in [1.29, 1.82) is 0 Å². The highest BCUT2D eigenvalue weighted by atomic mass is 32.1. The fourth-order valence-corrected chi connectivity index (χ4v) is 4.39. The zero-order valence-corrected chi connectivity index (χ0v) is 13.0. The molecule has 1 amide bonds. The summed E-state index contributed by atoms with van der Waals surface area (Å²) in [5.74, 6) is 0.0488. The van der Waals surface area contributed by atoms with Gasteiger partial charge in [0.1, 0.15) is 0 Å². The lowest BCUT2D eigenvalue weighted by molar-refractivity contribution is 0.0684. The molecule has 0 saturated heterocycles. The van der Waals surface area contributed by atoms with Gasteiger partial charge in [-0.2, -0.15) is 0 Å². The average molecular weight is 305 g/mol.